The van der Waals surface area contributed by atoms with Crippen molar-refractivity contribution in [3.05, 3.63) is 35.4 Å². The van der Waals surface area contributed by atoms with Crippen molar-refractivity contribution in [1.82, 2.24) is 5.32 Å². The molecule has 0 atom stereocenters. The van der Waals surface area contributed by atoms with Crippen molar-refractivity contribution in [2.24, 2.45) is 0 Å². The Kier molecular flexibility index (Phi) is 5.62. The zero-order valence-electron chi connectivity index (χ0n) is 10.3. The summed E-state index contributed by atoms with van der Waals surface area (Å²) in [5.74, 6) is 0.0405. The van der Waals surface area contributed by atoms with E-state index in [1.807, 2.05) is 24.3 Å². The zero-order valence-corrected chi connectivity index (χ0v) is 10.3. The number of unbranched alkanes of at least 4 members (excludes halogenated alkanes) is 2. The van der Waals surface area contributed by atoms with Crippen LogP contribution < -0.4 is 5.32 Å². The molecule has 0 bridgehead atoms. The Labute approximate surface area is 98.1 Å². The Balaban J connectivity index is 2.40. The van der Waals surface area contributed by atoms with Crippen molar-refractivity contribution in [2.45, 2.75) is 39.5 Å². The smallest absolute Gasteiger partial charge is 0.251 e. The fraction of sp³-hybridized carbons (Fsp3) is 0.500. The fourth-order valence-electron chi connectivity index (χ4n) is 1.57. The predicted molar refractivity (Wildman–Crippen MR) is 67.7 cm³/mol. The van der Waals surface area contributed by atoms with Crippen molar-refractivity contribution in [1.29, 1.82) is 0 Å². The van der Waals surface area contributed by atoms with Crippen LogP contribution in [0.5, 0.6) is 0 Å². The minimum Gasteiger partial charge on any atom is -0.352 e. The van der Waals surface area contributed by atoms with E-state index >= 15 is 0 Å². The second-order valence-corrected chi connectivity index (χ2v) is 4.01. The van der Waals surface area contributed by atoms with E-state index in [9.17, 15) is 4.79 Å². The second-order valence-electron chi connectivity index (χ2n) is 4.01. The molecule has 0 aliphatic heterocycles. The molecule has 0 spiro atoms. The molecule has 1 rings (SSSR count). The molecular weight excluding hydrogens is 198 g/mol. The molecule has 0 aliphatic rings. The van der Waals surface area contributed by atoms with Gasteiger partial charge in [0.15, 0.2) is 0 Å². The van der Waals surface area contributed by atoms with E-state index in [0.717, 1.165) is 24.9 Å². The number of amides is 1. The molecule has 0 aromatic heterocycles. The van der Waals surface area contributed by atoms with E-state index in [1.54, 1.807) is 0 Å². The van der Waals surface area contributed by atoms with Crippen LogP contribution in [0.3, 0.4) is 0 Å². The number of benzene rings is 1. The maximum Gasteiger partial charge on any atom is 0.251 e. The van der Waals surface area contributed by atoms with Gasteiger partial charge in [-0.3, -0.25) is 4.79 Å². The lowest BCUT2D eigenvalue weighted by molar-refractivity contribution is 0.0953. The average molecular weight is 219 g/mol. The number of aryl methyl sites for hydroxylation is 1. The van der Waals surface area contributed by atoms with Crippen LogP contribution in [0.15, 0.2) is 24.3 Å². The summed E-state index contributed by atoms with van der Waals surface area (Å²) in [6.07, 6.45) is 4.43. The largest absolute Gasteiger partial charge is 0.352 e. The molecule has 1 aromatic rings. The summed E-state index contributed by atoms with van der Waals surface area (Å²) in [6.45, 7) is 5.05. The van der Waals surface area contributed by atoms with E-state index in [2.05, 4.69) is 19.2 Å². The quantitative estimate of drug-likeness (QED) is 0.731. The van der Waals surface area contributed by atoms with Gasteiger partial charge in [-0.2, -0.15) is 0 Å². The highest BCUT2D eigenvalue weighted by Gasteiger charge is 2.03. The van der Waals surface area contributed by atoms with E-state index in [1.165, 1.54) is 18.4 Å². The molecular formula is C14H21NO. The molecule has 2 heteroatoms. The first-order chi connectivity index (χ1) is 7.77. The molecule has 0 unspecified atom stereocenters. The van der Waals surface area contributed by atoms with Crippen molar-refractivity contribution >= 4 is 5.91 Å². The lowest BCUT2D eigenvalue weighted by atomic mass is 10.1. The molecule has 88 valence electrons. The third-order valence-electron chi connectivity index (χ3n) is 2.69. The fourth-order valence-corrected chi connectivity index (χ4v) is 1.57. The van der Waals surface area contributed by atoms with Crippen molar-refractivity contribution in [2.75, 3.05) is 6.54 Å². The first-order valence-corrected chi connectivity index (χ1v) is 6.15. The average Bonchev–Trinajstić information content (AvgIpc) is 2.34. The summed E-state index contributed by atoms with van der Waals surface area (Å²) in [7, 11) is 0. The first kappa shape index (κ1) is 12.8. The van der Waals surface area contributed by atoms with Gasteiger partial charge < -0.3 is 5.32 Å². The molecule has 0 aliphatic carbocycles. The van der Waals surface area contributed by atoms with Crippen LogP contribution in [0.1, 0.15) is 49.0 Å². The van der Waals surface area contributed by atoms with E-state index in [0.29, 0.717) is 0 Å². The molecule has 0 saturated carbocycles. The first-order valence-electron chi connectivity index (χ1n) is 6.15. The Bertz CT molecular complexity index is 316. The van der Waals surface area contributed by atoms with Gasteiger partial charge in [-0.25, -0.2) is 0 Å². The van der Waals surface area contributed by atoms with Crippen molar-refractivity contribution in [3.8, 4) is 0 Å². The van der Waals surface area contributed by atoms with E-state index in [-0.39, 0.29) is 5.91 Å². The zero-order chi connectivity index (χ0) is 11.8. The Hall–Kier alpha value is -1.31. The lowest BCUT2D eigenvalue weighted by Gasteiger charge is -2.05. The number of carbonyl (C=O) groups is 1. The summed E-state index contributed by atoms with van der Waals surface area (Å²) in [6, 6.07) is 7.82. The van der Waals surface area contributed by atoms with Gasteiger partial charge in [0.2, 0.25) is 0 Å². The summed E-state index contributed by atoms with van der Waals surface area (Å²) in [5, 5.41) is 2.93. The van der Waals surface area contributed by atoms with Gasteiger partial charge in [0, 0.05) is 12.1 Å². The molecule has 1 amide bonds. The van der Waals surface area contributed by atoms with Crippen LogP contribution in [-0.4, -0.2) is 12.5 Å². The third kappa shape index (κ3) is 4.05. The summed E-state index contributed by atoms with van der Waals surface area (Å²) < 4.78 is 0. The number of hydrogen-bond donors (Lipinski definition) is 1. The van der Waals surface area contributed by atoms with Crippen LogP contribution in [0.4, 0.5) is 0 Å². The highest BCUT2D eigenvalue weighted by atomic mass is 16.1. The Morgan fingerprint density at radius 1 is 1.12 bits per heavy atom. The van der Waals surface area contributed by atoms with Crippen LogP contribution in [0, 0.1) is 0 Å². The minimum absolute atomic E-state index is 0.0405. The maximum absolute atomic E-state index is 11.7. The number of rotatable bonds is 6. The number of nitrogens with one attached hydrogen (secondary N) is 1. The molecule has 16 heavy (non-hydrogen) atoms. The van der Waals surface area contributed by atoms with Gasteiger partial charge >= 0.3 is 0 Å². The van der Waals surface area contributed by atoms with Crippen molar-refractivity contribution < 1.29 is 4.79 Å². The van der Waals surface area contributed by atoms with Crippen LogP contribution in [0.25, 0.3) is 0 Å². The maximum atomic E-state index is 11.7. The molecule has 1 aromatic carbocycles. The van der Waals surface area contributed by atoms with Gasteiger partial charge in [-0.1, -0.05) is 38.8 Å². The molecule has 0 fully saturated rings. The molecule has 0 heterocycles. The number of hydrogen-bond acceptors (Lipinski definition) is 1. The Morgan fingerprint density at radius 3 is 2.38 bits per heavy atom. The van der Waals surface area contributed by atoms with E-state index < -0.39 is 0 Å². The standard InChI is InChI=1S/C14H21NO/c1-3-5-6-11-15-14(16)13-9-7-12(4-2)8-10-13/h7-10H,3-6,11H2,1-2H3,(H,15,16). The van der Waals surface area contributed by atoms with Crippen LogP contribution in [-0.2, 0) is 6.42 Å². The Morgan fingerprint density at radius 2 is 1.81 bits per heavy atom. The van der Waals surface area contributed by atoms with Gasteiger partial charge in [0.25, 0.3) is 5.91 Å². The normalized spacial score (nSPS) is 10.1. The summed E-state index contributed by atoms with van der Waals surface area (Å²) in [4.78, 5) is 11.7. The molecule has 1 N–H and O–H groups in total. The predicted octanol–water partition coefficient (Wildman–Crippen LogP) is 3.17. The van der Waals surface area contributed by atoms with Gasteiger partial charge in [-0.05, 0) is 30.5 Å². The van der Waals surface area contributed by atoms with Gasteiger partial charge in [0.05, 0.1) is 0 Å². The summed E-state index contributed by atoms with van der Waals surface area (Å²) in [5.41, 5.74) is 2.02. The lowest BCUT2D eigenvalue weighted by Crippen LogP contribution is -2.24. The van der Waals surface area contributed by atoms with Gasteiger partial charge in [-0.15, -0.1) is 0 Å². The van der Waals surface area contributed by atoms with Crippen molar-refractivity contribution in [3.63, 3.8) is 0 Å². The summed E-state index contributed by atoms with van der Waals surface area (Å²) >= 11 is 0. The third-order valence-corrected chi connectivity index (χ3v) is 2.69. The molecule has 0 radical (unpaired) electrons. The topological polar surface area (TPSA) is 29.1 Å². The highest BCUT2D eigenvalue weighted by Crippen LogP contribution is 2.05. The van der Waals surface area contributed by atoms with Crippen LogP contribution in [0.2, 0.25) is 0 Å². The van der Waals surface area contributed by atoms with Crippen LogP contribution >= 0.6 is 0 Å². The van der Waals surface area contributed by atoms with Gasteiger partial charge in [0.1, 0.15) is 0 Å². The van der Waals surface area contributed by atoms with E-state index in [4.69, 9.17) is 0 Å². The monoisotopic (exact) mass is 219 g/mol. The second kappa shape index (κ2) is 7.04. The molecule has 0 saturated heterocycles. The highest BCUT2D eigenvalue weighted by molar-refractivity contribution is 5.94. The SMILES string of the molecule is CCCCCNC(=O)c1ccc(CC)cc1. The minimum atomic E-state index is 0.0405. The molecule has 2 nitrogen and oxygen atoms in total. The number of carbonyl (C=O) groups excluding carboxylic acids is 1.